The van der Waals surface area contributed by atoms with Crippen LogP contribution in [0.25, 0.3) is 0 Å². The van der Waals surface area contributed by atoms with E-state index in [1.807, 2.05) is 16.2 Å². The zero-order valence-electron chi connectivity index (χ0n) is 13.8. The molecule has 4 rings (SSSR count). The molecule has 0 unspecified atom stereocenters. The van der Waals surface area contributed by atoms with E-state index in [1.165, 1.54) is 9.75 Å². The molecule has 2 aliphatic rings. The Kier molecular flexibility index (Phi) is 3.52. The standard InChI is InChI=1S/C17H22N4OS/c1-10(2)16-19-18-15-9-20(6-7-21(15)16)17(22)13-8-12(13)14-5-4-11(3)23-14/h4-5,10,12-13H,6-9H2,1-3H3/t12-,13+/m0/s1. The molecule has 0 N–H and O–H groups in total. The summed E-state index contributed by atoms with van der Waals surface area (Å²) in [7, 11) is 0. The Labute approximate surface area is 140 Å². The van der Waals surface area contributed by atoms with Crippen molar-refractivity contribution >= 4 is 17.2 Å². The van der Waals surface area contributed by atoms with Crippen LogP contribution in [0.5, 0.6) is 0 Å². The number of rotatable bonds is 3. The monoisotopic (exact) mass is 330 g/mol. The highest BCUT2D eigenvalue weighted by Crippen LogP contribution is 2.50. The molecule has 6 heteroatoms. The maximum atomic E-state index is 12.8. The van der Waals surface area contributed by atoms with Crippen LogP contribution in [0.3, 0.4) is 0 Å². The minimum Gasteiger partial charge on any atom is -0.333 e. The second-order valence-corrected chi connectivity index (χ2v) is 8.26. The molecular formula is C17H22N4OS. The molecule has 0 radical (unpaired) electrons. The summed E-state index contributed by atoms with van der Waals surface area (Å²) in [6.07, 6.45) is 0.999. The zero-order valence-corrected chi connectivity index (χ0v) is 14.6. The van der Waals surface area contributed by atoms with Crippen LogP contribution in [0.1, 0.15) is 53.5 Å². The van der Waals surface area contributed by atoms with Crippen LogP contribution < -0.4 is 0 Å². The van der Waals surface area contributed by atoms with Gasteiger partial charge in [-0.1, -0.05) is 13.8 Å². The van der Waals surface area contributed by atoms with Gasteiger partial charge in [0, 0.05) is 40.6 Å². The van der Waals surface area contributed by atoms with Crippen LogP contribution in [0, 0.1) is 12.8 Å². The number of nitrogens with zero attached hydrogens (tertiary/aromatic N) is 4. The molecule has 2 aromatic rings. The number of amides is 1. The first-order valence-corrected chi connectivity index (χ1v) is 9.13. The van der Waals surface area contributed by atoms with Crippen LogP contribution in [0.4, 0.5) is 0 Å². The fraction of sp³-hybridized carbons (Fsp3) is 0.588. The molecule has 0 aromatic carbocycles. The van der Waals surface area contributed by atoms with Crippen molar-refractivity contribution in [1.29, 1.82) is 0 Å². The highest BCUT2D eigenvalue weighted by Gasteiger charge is 2.47. The first kappa shape index (κ1) is 14.9. The summed E-state index contributed by atoms with van der Waals surface area (Å²) in [5.41, 5.74) is 0. The molecule has 1 amide bonds. The lowest BCUT2D eigenvalue weighted by Crippen LogP contribution is -2.39. The summed E-state index contributed by atoms with van der Waals surface area (Å²) < 4.78 is 2.18. The van der Waals surface area contributed by atoms with Crippen LogP contribution >= 0.6 is 11.3 Å². The van der Waals surface area contributed by atoms with Crippen molar-refractivity contribution in [3.05, 3.63) is 33.5 Å². The normalized spacial score (nSPS) is 23.2. The highest BCUT2D eigenvalue weighted by molar-refractivity contribution is 7.12. The molecule has 1 fully saturated rings. The minimum atomic E-state index is 0.173. The molecule has 5 nitrogen and oxygen atoms in total. The fourth-order valence-corrected chi connectivity index (χ4v) is 4.52. The summed E-state index contributed by atoms with van der Waals surface area (Å²) in [6, 6.07) is 4.33. The lowest BCUT2D eigenvalue weighted by Gasteiger charge is -2.28. The summed E-state index contributed by atoms with van der Waals surface area (Å²) in [4.78, 5) is 17.4. The van der Waals surface area contributed by atoms with Crippen LogP contribution in [0.15, 0.2) is 12.1 Å². The van der Waals surface area contributed by atoms with Crippen molar-refractivity contribution < 1.29 is 4.79 Å². The van der Waals surface area contributed by atoms with Crippen molar-refractivity contribution in [3.63, 3.8) is 0 Å². The van der Waals surface area contributed by atoms with Crippen LogP contribution in [0.2, 0.25) is 0 Å². The number of fused-ring (bicyclic) bond motifs is 1. The maximum absolute atomic E-state index is 12.8. The van der Waals surface area contributed by atoms with Crippen molar-refractivity contribution in [2.45, 2.75) is 52.1 Å². The van der Waals surface area contributed by atoms with E-state index < -0.39 is 0 Å². The second-order valence-electron chi connectivity index (χ2n) is 6.94. The van der Waals surface area contributed by atoms with Crippen molar-refractivity contribution in [2.24, 2.45) is 5.92 Å². The van der Waals surface area contributed by atoms with Gasteiger partial charge in [-0.25, -0.2) is 0 Å². The molecule has 2 aromatic heterocycles. The van der Waals surface area contributed by atoms with E-state index in [0.717, 1.165) is 31.2 Å². The number of hydrogen-bond acceptors (Lipinski definition) is 4. The Balaban J connectivity index is 1.45. The summed E-state index contributed by atoms with van der Waals surface area (Å²) in [6.45, 7) is 8.58. The number of hydrogen-bond donors (Lipinski definition) is 0. The summed E-state index contributed by atoms with van der Waals surface area (Å²) >= 11 is 1.82. The van der Waals surface area contributed by atoms with Crippen LogP contribution in [-0.2, 0) is 17.9 Å². The largest absolute Gasteiger partial charge is 0.333 e. The van der Waals surface area contributed by atoms with E-state index in [0.29, 0.717) is 24.3 Å². The topological polar surface area (TPSA) is 51.0 Å². The molecule has 0 spiro atoms. The molecule has 23 heavy (non-hydrogen) atoms. The Hall–Kier alpha value is -1.69. The van der Waals surface area contributed by atoms with Gasteiger partial charge in [-0.05, 0) is 25.5 Å². The van der Waals surface area contributed by atoms with E-state index >= 15 is 0 Å². The fourth-order valence-electron chi connectivity index (χ4n) is 3.47. The molecule has 0 saturated heterocycles. The second kappa shape index (κ2) is 5.44. The quantitative estimate of drug-likeness (QED) is 0.869. The Bertz CT molecular complexity index is 748. The van der Waals surface area contributed by atoms with Crippen molar-refractivity contribution in [3.8, 4) is 0 Å². The third kappa shape index (κ3) is 2.59. The molecule has 2 atom stereocenters. The third-order valence-electron chi connectivity index (χ3n) is 4.84. The third-order valence-corrected chi connectivity index (χ3v) is 5.98. The highest BCUT2D eigenvalue weighted by atomic mass is 32.1. The van der Waals surface area contributed by atoms with Gasteiger partial charge in [-0.15, -0.1) is 21.5 Å². The van der Waals surface area contributed by atoms with Crippen molar-refractivity contribution in [2.75, 3.05) is 6.54 Å². The summed E-state index contributed by atoms with van der Waals surface area (Å²) in [5.74, 6) is 3.23. The molecule has 1 aliphatic carbocycles. The van der Waals surface area contributed by atoms with Gasteiger partial charge in [-0.2, -0.15) is 0 Å². The van der Waals surface area contributed by atoms with Gasteiger partial charge in [0.05, 0.1) is 6.54 Å². The SMILES string of the molecule is Cc1ccc([C@H]2C[C@H]2C(=O)N2CCn3c(nnc3C(C)C)C2)s1. The number of thiophene rings is 1. The average Bonchev–Trinajstić information content (AvgIpc) is 3.01. The molecular weight excluding hydrogens is 308 g/mol. The molecule has 122 valence electrons. The Morgan fingerprint density at radius 3 is 2.83 bits per heavy atom. The van der Waals surface area contributed by atoms with Gasteiger partial charge in [0.25, 0.3) is 0 Å². The van der Waals surface area contributed by atoms with E-state index in [4.69, 9.17) is 0 Å². The molecule has 1 saturated carbocycles. The van der Waals surface area contributed by atoms with Gasteiger partial charge in [0.2, 0.25) is 5.91 Å². The average molecular weight is 330 g/mol. The van der Waals surface area contributed by atoms with Gasteiger partial charge < -0.3 is 9.47 Å². The first-order chi connectivity index (χ1) is 11.0. The van der Waals surface area contributed by atoms with Gasteiger partial charge >= 0.3 is 0 Å². The molecule has 0 bridgehead atoms. The number of aromatic nitrogens is 3. The van der Waals surface area contributed by atoms with Gasteiger partial charge in [-0.3, -0.25) is 4.79 Å². The van der Waals surface area contributed by atoms with E-state index in [1.54, 1.807) is 0 Å². The minimum absolute atomic E-state index is 0.173. The molecule has 1 aliphatic heterocycles. The Morgan fingerprint density at radius 2 is 2.13 bits per heavy atom. The maximum Gasteiger partial charge on any atom is 0.226 e. The first-order valence-electron chi connectivity index (χ1n) is 8.31. The van der Waals surface area contributed by atoms with Gasteiger partial charge in [0.1, 0.15) is 5.82 Å². The van der Waals surface area contributed by atoms with Gasteiger partial charge in [0.15, 0.2) is 5.82 Å². The van der Waals surface area contributed by atoms with E-state index in [9.17, 15) is 4.79 Å². The zero-order chi connectivity index (χ0) is 16.1. The van der Waals surface area contributed by atoms with Crippen molar-refractivity contribution in [1.82, 2.24) is 19.7 Å². The number of aryl methyl sites for hydroxylation is 1. The Morgan fingerprint density at radius 1 is 1.30 bits per heavy atom. The predicted octanol–water partition coefficient (Wildman–Crippen LogP) is 2.92. The molecule has 3 heterocycles. The lowest BCUT2D eigenvalue weighted by atomic mass is 10.2. The van der Waals surface area contributed by atoms with Crippen LogP contribution in [-0.4, -0.2) is 32.1 Å². The smallest absolute Gasteiger partial charge is 0.226 e. The number of carbonyl (C=O) groups is 1. The number of carbonyl (C=O) groups excluding carboxylic acids is 1. The predicted molar refractivity (Wildman–Crippen MR) is 89.4 cm³/mol. The van der Waals surface area contributed by atoms with E-state index in [2.05, 4.69) is 47.7 Å². The summed E-state index contributed by atoms with van der Waals surface area (Å²) in [5, 5.41) is 8.59. The van der Waals surface area contributed by atoms with E-state index in [-0.39, 0.29) is 5.92 Å². The lowest BCUT2D eigenvalue weighted by molar-refractivity contribution is -0.134.